The highest BCUT2D eigenvalue weighted by atomic mass is 32.2. The highest BCUT2D eigenvalue weighted by Crippen LogP contribution is 2.18. The van der Waals surface area contributed by atoms with Crippen molar-refractivity contribution in [3.8, 4) is 0 Å². The largest absolute Gasteiger partial charge is 0.392 e. The molecule has 0 atom stereocenters. The molecule has 0 aromatic heterocycles. The average molecular weight is 242 g/mol. The topological polar surface area (TPSA) is 38.7 Å². The first kappa shape index (κ1) is 13.5. The molecular formula is C12H18O3S. The van der Waals surface area contributed by atoms with Crippen LogP contribution in [0.15, 0.2) is 29.2 Å². The molecule has 4 heteroatoms. The van der Waals surface area contributed by atoms with E-state index in [1.54, 1.807) is 18.9 Å². The Balaban J connectivity index is 2.16. The highest BCUT2D eigenvalue weighted by molar-refractivity contribution is 7.99. The fourth-order valence-corrected chi connectivity index (χ4v) is 2.04. The van der Waals surface area contributed by atoms with E-state index in [1.165, 1.54) is 4.90 Å². The molecule has 0 aliphatic carbocycles. The van der Waals surface area contributed by atoms with E-state index in [2.05, 4.69) is 0 Å². The predicted molar refractivity (Wildman–Crippen MR) is 65.8 cm³/mol. The SMILES string of the molecule is COCCOCCSc1cccc(CO)c1. The second-order valence-corrected chi connectivity index (χ2v) is 4.43. The average Bonchev–Trinajstić information content (AvgIpc) is 2.34. The van der Waals surface area contributed by atoms with E-state index < -0.39 is 0 Å². The third-order valence-electron chi connectivity index (χ3n) is 2.01. The maximum absolute atomic E-state index is 8.98. The molecule has 0 radical (unpaired) electrons. The van der Waals surface area contributed by atoms with Gasteiger partial charge in [0.25, 0.3) is 0 Å². The van der Waals surface area contributed by atoms with Crippen molar-refractivity contribution in [2.24, 2.45) is 0 Å². The van der Waals surface area contributed by atoms with Crippen LogP contribution >= 0.6 is 11.8 Å². The fourth-order valence-electron chi connectivity index (χ4n) is 1.20. The summed E-state index contributed by atoms with van der Waals surface area (Å²) in [4.78, 5) is 1.17. The Labute approximate surface area is 101 Å². The molecule has 0 spiro atoms. The molecule has 0 aliphatic rings. The summed E-state index contributed by atoms with van der Waals surface area (Å²) < 4.78 is 10.2. The third-order valence-corrected chi connectivity index (χ3v) is 2.97. The molecule has 0 heterocycles. The Bertz CT molecular complexity index is 291. The van der Waals surface area contributed by atoms with Crippen molar-refractivity contribution < 1.29 is 14.6 Å². The van der Waals surface area contributed by atoms with Crippen molar-refractivity contribution in [2.45, 2.75) is 11.5 Å². The number of hydrogen-bond donors (Lipinski definition) is 1. The van der Waals surface area contributed by atoms with Crippen molar-refractivity contribution in [3.05, 3.63) is 29.8 Å². The van der Waals surface area contributed by atoms with Gasteiger partial charge in [0.2, 0.25) is 0 Å². The second kappa shape index (κ2) is 8.58. The summed E-state index contributed by atoms with van der Waals surface area (Å²) in [6.07, 6.45) is 0. The number of rotatable bonds is 8. The van der Waals surface area contributed by atoms with Crippen LogP contribution in [0.2, 0.25) is 0 Å². The number of benzene rings is 1. The Morgan fingerprint density at radius 1 is 1.25 bits per heavy atom. The van der Waals surface area contributed by atoms with Gasteiger partial charge in [-0.2, -0.15) is 0 Å². The zero-order valence-electron chi connectivity index (χ0n) is 9.52. The van der Waals surface area contributed by atoms with Crippen molar-refractivity contribution in [3.63, 3.8) is 0 Å². The minimum absolute atomic E-state index is 0.0960. The molecule has 0 aliphatic heterocycles. The molecule has 1 aromatic rings. The molecule has 0 saturated heterocycles. The minimum Gasteiger partial charge on any atom is -0.392 e. The van der Waals surface area contributed by atoms with Crippen LogP contribution in [-0.2, 0) is 16.1 Å². The Morgan fingerprint density at radius 3 is 2.88 bits per heavy atom. The molecule has 0 saturated carbocycles. The molecule has 0 fully saturated rings. The van der Waals surface area contributed by atoms with Gasteiger partial charge in [0, 0.05) is 17.8 Å². The quantitative estimate of drug-likeness (QED) is 0.558. The van der Waals surface area contributed by atoms with E-state index >= 15 is 0 Å². The highest BCUT2D eigenvalue weighted by Gasteiger charge is 1.96. The van der Waals surface area contributed by atoms with Crippen LogP contribution in [0.5, 0.6) is 0 Å². The van der Waals surface area contributed by atoms with E-state index in [9.17, 15) is 0 Å². The summed E-state index contributed by atoms with van der Waals surface area (Å²) >= 11 is 1.73. The monoisotopic (exact) mass is 242 g/mol. The molecule has 90 valence electrons. The maximum atomic E-state index is 8.98. The summed E-state index contributed by atoms with van der Waals surface area (Å²) in [5.74, 6) is 0.915. The third kappa shape index (κ3) is 5.51. The van der Waals surface area contributed by atoms with Gasteiger partial charge in [0.1, 0.15) is 0 Å². The van der Waals surface area contributed by atoms with Gasteiger partial charge in [-0.25, -0.2) is 0 Å². The van der Waals surface area contributed by atoms with Gasteiger partial charge in [-0.15, -0.1) is 11.8 Å². The van der Waals surface area contributed by atoms with Gasteiger partial charge in [0.05, 0.1) is 26.4 Å². The molecule has 0 amide bonds. The number of aliphatic hydroxyl groups excluding tert-OH is 1. The molecule has 0 bridgehead atoms. The normalized spacial score (nSPS) is 10.6. The van der Waals surface area contributed by atoms with Crippen LogP contribution in [-0.4, -0.2) is 37.8 Å². The van der Waals surface area contributed by atoms with Gasteiger partial charge in [-0.3, -0.25) is 0 Å². The summed E-state index contributed by atoms with van der Waals surface area (Å²) in [7, 11) is 1.67. The molecule has 1 rings (SSSR count). The van der Waals surface area contributed by atoms with Gasteiger partial charge in [0.15, 0.2) is 0 Å². The molecule has 16 heavy (non-hydrogen) atoms. The van der Waals surface area contributed by atoms with E-state index in [1.807, 2.05) is 24.3 Å². The number of aliphatic hydroxyl groups is 1. The van der Waals surface area contributed by atoms with Crippen LogP contribution in [0.1, 0.15) is 5.56 Å². The smallest absolute Gasteiger partial charge is 0.0700 e. The van der Waals surface area contributed by atoms with Crippen molar-refractivity contribution in [2.75, 3.05) is 32.7 Å². The summed E-state index contributed by atoms with van der Waals surface area (Å²) in [6, 6.07) is 7.91. The lowest BCUT2D eigenvalue weighted by atomic mass is 10.2. The zero-order valence-corrected chi connectivity index (χ0v) is 10.3. The number of hydrogen-bond acceptors (Lipinski definition) is 4. The second-order valence-electron chi connectivity index (χ2n) is 3.26. The zero-order chi connectivity index (χ0) is 11.6. The van der Waals surface area contributed by atoms with Crippen molar-refractivity contribution in [1.29, 1.82) is 0 Å². The first-order chi connectivity index (χ1) is 7.86. The standard InChI is InChI=1S/C12H18O3S/c1-14-5-6-15-7-8-16-12-4-2-3-11(9-12)10-13/h2-4,9,13H,5-8,10H2,1H3. The van der Waals surface area contributed by atoms with E-state index in [-0.39, 0.29) is 6.61 Å². The van der Waals surface area contributed by atoms with E-state index in [4.69, 9.17) is 14.6 Å². The molecule has 1 aromatic carbocycles. The van der Waals surface area contributed by atoms with Crippen LogP contribution in [0.4, 0.5) is 0 Å². The molecule has 3 nitrogen and oxygen atoms in total. The summed E-state index contributed by atoms with van der Waals surface area (Å²) in [5, 5.41) is 8.98. The molecule has 0 unspecified atom stereocenters. The van der Waals surface area contributed by atoms with E-state index in [0.717, 1.165) is 17.9 Å². The van der Waals surface area contributed by atoms with Crippen LogP contribution < -0.4 is 0 Å². The Kier molecular flexibility index (Phi) is 7.25. The minimum atomic E-state index is 0.0960. The van der Waals surface area contributed by atoms with Gasteiger partial charge in [-0.05, 0) is 17.7 Å². The molecule has 1 N–H and O–H groups in total. The van der Waals surface area contributed by atoms with Gasteiger partial charge < -0.3 is 14.6 Å². The molecular weight excluding hydrogens is 224 g/mol. The summed E-state index contributed by atoms with van der Waals surface area (Å²) in [6.45, 7) is 2.11. The van der Waals surface area contributed by atoms with Crippen molar-refractivity contribution in [1.82, 2.24) is 0 Å². The Morgan fingerprint density at radius 2 is 2.12 bits per heavy atom. The predicted octanol–water partition coefficient (Wildman–Crippen LogP) is 1.93. The van der Waals surface area contributed by atoms with Gasteiger partial charge in [-0.1, -0.05) is 12.1 Å². The number of thioether (sulfide) groups is 1. The van der Waals surface area contributed by atoms with E-state index in [0.29, 0.717) is 13.2 Å². The Hall–Kier alpha value is -0.550. The summed E-state index contributed by atoms with van der Waals surface area (Å²) in [5.41, 5.74) is 0.949. The first-order valence-corrected chi connectivity index (χ1v) is 6.24. The van der Waals surface area contributed by atoms with Gasteiger partial charge >= 0.3 is 0 Å². The van der Waals surface area contributed by atoms with Crippen LogP contribution in [0.25, 0.3) is 0 Å². The lowest BCUT2D eigenvalue weighted by molar-refractivity contribution is 0.0790. The van der Waals surface area contributed by atoms with Crippen LogP contribution in [0, 0.1) is 0 Å². The lowest BCUT2D eigenvalue weighted by Crippen LogP contribution is -2.04. The maximum Gasteiger partial charge on any atom is 0.0700 e. The fraction of sp³-hybridized carbons (Fsp3) is 0.500. The lowest BCUT2D eigenvalue weighted by Gasteiger charge is -2.04. The number of ether oxygens (including phenoxy) is 2. The van der Waals surface area contributed by atoms with Crippen LogP contribution in [0.3, 0.4) is 0 Å². The first-order valence-electron chi connectivity index (χ1n) is 5.26. The van der Waals surface area contributed by atoms with Crippen molar-refractivity contribution >= 4 is 11.8 Å². The number of methoxy groups -OCH3 is 1.